The van der Waals surface area contributed by atoms with E-state index in [1.165, 1.54) is 5.56 Å². The summed E-state index contributed by atoms with van der Waals surface area (Å²) in [5.74, 6) is 0.289. The van der Waals surface area contributed by atoms with Crippen LogP contribution in [-0.2, 0) is 0 Å². The predicted molar refractivity (Wildman–Crippen MR) is 95.5 cm³/mol. The number of benzene rings is 1. The van der Waals surface area contributed by atoms with Crippen LogP contribution in [0.5, 0.6) is 0 Å². The Hall–Kier alpha value is -2.21. The maximum Gasteiger partial charge on any atom is 0.273 e. The van der Waals surface area contributed by atoms with Gasteiger partial charge in [0.25, 0.3) is 5.91 Å². The fourth-order valence-electron chi connectivity index (χ4n) is 4.10. The van der Waals surface area contributed by atoms with E-state index in [4.69, 9.17) is 0 Å². The maximum absolute atomic E-state index is 12.6. The van der Waals surface area contributed by atoms with Crippen LogP contribution in [0.25, 0.3) is 0 Å². The molecule has 25 heavy (non-hydrogen) atoms. The molecule has 1 aliphatic heterocycles. The van der Waals surface area contributed by atoms with Gasteiger partial charge in [0, 0.05) is 12.0 Å². The van der Waals surface area contributed by atoms with E-state index in [0.29, 0.717) is 17.7 Å². The van der Waals surface area contributed by atoms with E-state index in [-0.39, 0.29) is 11.9 Å². The highest BCUT2D eigenvalue weighted by Gasteiger charge is 2.30. The van der Waals surface area contributed by atoms with E-state index < -0.39 is 0 Å². The number of carbonyl (C=O) groups excluding carboxylic acids is 1. The van der Waals surface area contributed by atoms with Crippen LogP contribution in [0.2, 0.25) is 0 Å². The third kappa shape index (κ3) is 3.58. The fraction of sp³-hybridized carbons (Fsp3) is 0.526. The zero-order valence-corrected chi connectivity index (χ0v) is 14.4. The standard InChI is InChI=1S/C19H25N5O/c25-19(18-13-24(23-22-18)15-9-11-20-12-10-15)21-17-8-4-7-16(17)14-5-2-1-3-6-14/h1-3,5-6,13,15-17,20H,4,7-12H2,(H,21,25). The van der Waals surface area contributed by atoms with Gasteiger partial charge in [0.05, 0.1) is 12.2 Å². The van der Waals surface area contributed by atoms with Gasteiger partial charge in [-0.05, 0) is 44.3 Å². The first-order valence-corrected chi connectivity index (χ1v) is 9.29. The summed E-state index contributed by atoms with van der Waals surface area (Å²) < 4.78 is 1.86. The molecule has 2 fully saturated rings. The molecule has 2 aromatic rings. The predicted octanol–water partition coefficient (Wildman–Crippen LogP) is 2.27. The van der Waals surface area contributed by atoms with Crippen molar-refractivity contribution in [3.63, 3.8) is 0 Å². The minimum Gasteiger partial charge on any atom is -0.347 e. The average Bonchev–Trinajstić information content (AvgIpc) is 3.33. The molecule has 132 valence electrons. The number of carbonyl (C=O) groups is 1. The van der Waals surface area contributed by atoms with Crippen molar-refractivity contribution in [1.82, 2.24) is 25.6 Å². The van der Waals surface area contributed by atoms with Crippen molar-refractivity contribution in [3.8, 4) is 0 Å². The van der Waals surface area contributed by atoms with Crippen LogP contribution in [-0.4, -0.2) is 40.0 Å². The SMILES string of the molecule is O=C(NC1CCCC1c1ccccc1)c1cn(C2CCNCC2)nn1. The molecular formula is C19H25N5O. The van der Waals surface area contributed by atoms with Gasteiger partial charge in [0.1, 0.15) is 0 Å². The summed E-state index contributed by atoms with van der Waals surface area (Å²) in [5, 5.41) is 14.8. The largest absolute Gasteiger partial charge is 0.347 e. The van der Waals surface area contributed by atoms with Crippen LogP contribution < -0.4 is 10.6 Å². The van der Waals surface area contributed by atoms with Crippen molar-refractivity contribution in [2.45, 2.75) is 50.1 Å². The highest BCUT2D eigenvalue weighted by molar-refractivity contribution is 5.92. The van der Waals surface area contributed by atoms with Gasteiger partial charge in [0.2, 0.25) is 0 Å². The Morgan fingerprint density at radius 3 is 2.72 bits per heavy atom. The second-order valence-electron chi connectivity index (χ2n) is 7.09. The molecule has 2 unspecified atom stereocenters. The molecule has 2 heterocycles. The molecular weight excluding hydrogens is 314 g/mol. The molecule has 1 aliphatic carbocycles. The number of hydrogen-bond donors (Lipinski definition) is 2. The first kappa shape index (κ1) is 16.3. The second kappa shape index (κ2) is 7.35. The van der Waals surface area contributed by atoms with Gasteiger partial charge in [-0.15, -0.1) is 5.10 Å². The normalized spacial score (nSPS) is 24.3. The van der Waals surface area contributed by atoms with Gasteiger partial charge in [-0.25, -0.2) is 4.68 Å². The first-order chi connectivity index (χ1) is 12.3. The van der Waals surface area contributed by atoms with Gasteiger partial charge >= 0.3 is 0 Å². The summed E-state index contributed by atoms with van der Waals surface area (Å²) in [5.41, 5.74) is 1.74. The van der Waals surface area contributed by atoms with Crippen molar-refractivity contribution in [3.05, 3.63) is 47.8 Å². The average molecular weight is 339 g/mol. The van der Waals surface area contributed by atoms with Crippen LogP contribution in [0.3, 0.4) is 0 Å². The monoisotopic (exact) mass is 339 g/mol. The molecule has 1 saturated heterocycles. The summed E-state index contributed by atoms with van der Waals surface area (Å²) in [6, 6.07) is 11.0. The van der Waals surface area contributed by atoms with E-state index in [9.17, 15) is 4.79 Å². The Balaban J connectivity index is 1.42. The molecule has 2 N–H and O–H groups in total. The summed E-state index contributed by atoms with van der Waals surface area (Å²) >= 11 is 0. The van der Waals surface area contributed by atoms with E-state index in [1.54, 1.807) is 6.20 Å². The van der Waals surface area contributed by atoms with Crippen molar-refractivity contribution in [1.29, 1.82) is 0 Å². The molecule has 0 spiro atoms. The number of nitrogens with zero attached hydrogens (tertiary/aromatic N) is 3. The zero-order valence-electron chi connectivity index (χ0n) is 14.4. The highest BCUT2D eigenvalue weighted by Crippen LogP contribution is 2.34. The molecule has 6 heteroatoms. The van der Waals surface area contributed by atoms with Crippen molar-refractivity contribution in [2.75, 3.05) is 13.1 Å². The maximum atomic E-state index is 12.6. The van der Waals surface area contributed by atoms with Gasteiger partial charge in [-0.1, -0.05) is 42.0 Å². The summed E-state index contributed by atoms with van der Waals surface area (Å²) in [4.78, 5) is 12.6. The Kier molecular flexibility index (Phi) is 4.78. The Bertz CT molecular complexity index is 708. The second-order valence-corrected chi connectivity index (χ2v) is 7.09. The van der Waals surface area contributed by atoms with Crippen molar-refractivity contribution in [2.24, 2.45) is 0 Å². The molecule has 1 aromatic carbocycles. The van der Waals surface area contributed by atoms with Gasteiger partial charge in [-0.2, -0.15) is 0 Å². The minimum atomic E-state index is -0.104. The van der Waals surface area contributed by atoms with E-state index in [0.717, 1.165) is 45.2 Å². The third-order valence-electron chi connectivity index (χ3n) is 5.49. The number of aromatic nitrogens is 3. The number of nitrogens with one attached hydrogen (secondary N) is 2. The number of rotatable bonds is 4. The van der Waals surface area contributed by atoms with Gasteiger partial charge in [-0.3, -0.25) is 4.79 Å². The topological polar surface area (TPSA) is 71.8 Å². The summed E-state index contributed by atoms with van der Waals surface area (Å²) in [7, 11) is 0. The lowest BCUT2D eigenvalue weighted by atomic mass is 9.94. The number of hydrogen-bond acceptors (Lipinski definition) is 4. The Morgan fingerprint density at radius 1 is 1.12 bits per heavy atom. The summed E-state index contributed by atoms with van der Waals surface area (Å²) in [6.07, 6.45) is 7.15. The number of piperidine rings is 1. The molecule has 1 aromatic heterocycles. The van der Waals surface area contributed by atoms with Crippen molar-refractivity contribution >= 4 is 5.91 Å². The molecule has 2 atom stereocenters. The lowest BCUT2D eigenvalue weighted by molar-refractivity contribution is 0.0929. The molecule has 0 radical (unpaired) electrons. The lowest BCUT2D eigenvalue weighted by Gasteiger charge is -2.22. The third-order valence-corrected chi connectivity index (χ3v) is 5.49. The highest BCUT2D eigenvalue weighted by atomic mass is 16.2. The molecule has 4 rings (SSSR count). The lowest BCUT2D eigenvalue weighted by Crippen LogP contribution is -2.36. The molecule has 1 amide bonds. The Morgan fingerprint density at radius 2 is 1.92 bits per heavy atom. The zero-order chi connectivity index (χ0) is 17.1. The quantitative estimate of drug-likeness (QED) is 0.896. The molecule has 6 nitrogen and oxygen atoms in total. The molecule has 0 bridgehead atoms. The van der Waals surface area contributed by atoms with E-state index in [2.05, 4.69) is 45.2 Å². The summed E-state index contributed by atoms with van der Waals surface area (Å²) in [6.45, 7) is 1.99. The minimum absolute atomic E-state index is 0.104. The van der Waals surface area contributed by atoms with E-state index in [1.807, 2.05) is 10.7 Å². The van der Waals surface area contributed by atoms with E-state index >= 15 is 0 Å². The van der Waals surface area contributed by atoms with Crippen LogP contribution in [0.1, 0.15) is 60.1 Å². The molecule has 1 saturated carbocycles. The molecule has 2 aliphatic rings. The van der Waals surface area contributed by atoms with Gasteiger partial charge < -0.3 is 10.6 Å². The van der Waals surface area contributed by atoms with Gasteiger partial charge in [0.15, 0.2) is 5.69 Å². The van der Waals surface area contributed by atoms with Crippen LogP contribution >= 0.6 is 0 Å². The number of amides is 1. The van der Waals surface area contributed by atoms with Crippen molar-refractivity contribution < 1.29 is 4.79 Å². The smallest absolute Gasteiger partial charge is 0.273 e. The first-order valence-electron chi connectivity index (χ1n) is 9.29. The van der Waals surface area contributed by atoms with Crippen LogP contribution in [0.4, 0.5) is 0 Å². The van der Waals surface area contributed by atoms with Crippen LogP contribution in [0, 0.1) is 0 Å². The Labute approximate surface area is 148 Å². The van der Waals surface area contributed by atoms with Crippen LogP contribution in [0.15, 0.2) is 36.5 Å². The fourth-order valence-corrected chi connectivity index (χ4v) is 4.10.